The molecule has 4 nitrogen and oxygen atoms in total. The van der Waals surface area contributed by atoms with Gasteiger partial charge in [0.05, 0.1) is 19.8 Å². The van der Waals surface area contributed by atoms with Crippen LogP contribution in [0.15, 0.2) is 18.2 Å². The minimum absolute atomic E-state index is 0.326. The van der Waals surface area contributed by atoms with Gasteiger partial charge in [-0.2, -0.15) is 0 Å². The summed E-state index contributed by atoms with van der Waals surface area (Å²) in [5, 5.41) is 3.60. The zero-order valence-electron chi connectivity index (χ0n) is 12.9. The minimum Gasteiger partial charge on any atom is -0.489 e. The summed E-state index contributed by atoms with van der Waals surface area (Å²) in [5.74, 6) is 2.70. The Morgan fingerprint density at radius 1 is 1.19 bits per heavy atom. The van der Waals surface area contributed by atoms with Gasteiger partial charge in [-0.25, -0.2) is 0 Å². The summed E-state index contributed by atoms with van der Waals surface area (Å²) in [7, 11) is 0. The van der Waals surface area contributed by atoms with E-state index < -0.39 is 0 Å². The summed E-state index contributed by atoms with van der Waals surface area (Å²) in [5.41, 5.74) is 1.27. The van der Waals surface area contributed by atoms with Crippen LogP contribution in [0, 0.1) is 11.8 Å². The molecule has 0 aliphatic carbocycles. The molecule has 116 valence electrons. The highest BCUT2D eigenvalue weighted by Gasteiger charge is 2.27. The summed E-state index contributed by atoms with van der Waals surface area (Å²) in [6.07, 6.45) is 1.11. The molecule has 0 spiro atoms. The summed E-state index contributed by atoms with van der Waals surface area (Å²) in [6.45, 7) is 8.39. The molecule has 21 heavy (non-hydrogen) atoms. The van der Waals surface area contributed by atoms with Crippen molar-refractivity contribution in [2.24, 2.45) is 11.8 Å². The van der Waals surface area contributed by atoms with E-state index in [9.17, 15) is 0 Å². The molecule has 3 rings (SSSR count). The molecule has 3 unspecified atom stereocenters. The molecule has 1 N–H and O–H groups in total. The lowest BCUT2D eigenvalue weighted by Gasteiger charge is -2.24. The van der Waals surface area contributed by atoms with Gasteiger partial charge in [-0.3, -0.25) is 0 Å². The molecule has 2 heterocycles. The highest BCUT2D eigenvalue weighted by Crippen LogP contribution is 2.36. The maximum Gasteiger partial charge on any atom is 0.161 e. The number of fused-ring (bicyclic) bond motifs is 1. The third-order valence-electron chi connectivity index (χ3n) is 4.23. The standard InChI is InChI=1S/C17H25NO3/c1-3-18-17(14-6-7-19-11-14)13-4-5-15-16(8-13)21-10-12(2)9-20-15/h4-5,8,12,14,17-18H,3,6-7,9-11H2,1-2H3. The van der Waals surface area contributed by atoms with Crippen molar-refractivity contribution in [3.8, 4) is 11.5 Å². The number of ether oxygens (including phenoxy) is 3. The fourth-order valence-corrected chi connectivity index (χ4v) is 3.05. The minimum atomic E-state index is 0.326. The van der Waals surface area contributed by atoms with Crippen LogP contribution in [0.25, 0.3) is 0 Å². The van der Waals surface area contributed by atoms with E-state index in [-0.39, 0.29) is 0 Å². The topological polar surface area (TPSA) is 39.7 Å². The number of rotatable bonds is 4. The van der Waals surface area contributed by atoms with Crippen LogP contribution in [-0.2, 0) is 4.74 Å². The van der Waals surface area contributed by atoms with Crippen LogP contribution in [0.2, 0.25) is 0 Å². The third-order valence-corrected chi connectivity index (χ3v) is 4.23. The van der Waals surface area contributed by atoms with Crippen LogP contribution in [0.4, 0.5) is 0 Å². The second-order valence-electron chi connectivity index (χ2n) is 6.09. The Morgan fingerprint density at radius 2 is 2.00 bits per heavy atom. The Bertz CT molecular complexity index is 471. The Morgan fingerprint density at radius 3 is 2.71 bits per heavy atom. The predicted molar refractivity (Wildman–Crippen MR) is 81.9 cm³/mol. The highest BCUT2D eigenvalue weighted by atomic mass is 16.5. The molecule has 0 bridgehead atoms. The van der Waals surface area contributed by atoms with E-state index >= 15 is 0 Å². The lowest BCUT2D eigenvalue weighted by molar-refractivity contribution is 0.177. The van der Waals surface area contributed by atoms with Crippen molar-refractivity contribution in [3.63, 3.8) is 0 Å². The number of hydrogen-bond donors (Lipinski definition) is 1. The first-order chi connectivity index (χ1) is 10.3. The van der Waals surface area contributed by atoms with Gasteiger partial charge in [-0.05, 0) is 30.7 Å². The van der Waals surface area contributed by atoms with Gasteiger partial charge in [0.1, 0.15) is 0 Å². The van der Waals surface area contributed by atoms with E-state index in [1.54, 1.807) is 0 Å². The van der Waals surface area contributed by atoms with Crippen LogP contribution in [0.3, 0.4) is 0 Å². The van der Waals surface area contributed by atoms with Gasteiger partial charge in [0.25, 0.3) is 0 Å². The molecule has 1 saturated heterocycles. The monoisotopic (exact) mass is 291 g/mol. The second-order valence-corrected chi connectivity index (χ2v) is 6.09. The van der Waals surface area contributed by atoms with Gasteiger partial charge in [0.15, 0.2) is 11.5 Å². The van der Waals surface area contributed by atoms with Gasteiger partial charge >= 0.3 is 0 Å². The number of benzene rings is 1. The van der Waals surface area contributed by atoms with E-state index in [2.05, 4.69) is 31.3 Å². The molecule has 4 heteroatoms. The molecule has 2 aliphatic rings. The van der Waals surface area contributed by atoms with E-state index in [1.165, 1.54) is 5.56 Å². The largest absolute Gasteiger partial charge is 0.489 e. The van der Waals surface area contributed by atoms with Gasteiger partial charge in [-0.15, -0.1) is 0 Å². The highest BCUT2D eigenvalue weighted by molar-refractivity contribution is 5.44. The van der Waals surface area contributed by atoms with Crippen LogP contribution in [0.1, 0.15) is 31.9 Å². The van der Waals surface area contributed by atoms with Crippen molar-refractivity contribution >= 4 is 0 Å². The van der Waals surface area contributed by atoms with E-state index in [0.717, 1.165) is 50.9 Å². The summed E-state index contributed by atoms with van der Waals surface area (Å²) < 4.78 is 17.3. The Labute approximate surface area is 126 Å². The molecule has 2 aliphatic heterocycles. The van der Waals surface area contributed by atoms with Crippen molar-refractivity contribution < 1.29 is 14.2 Å². The van der Waals surface area contributed by atoms with E-state index in [1.807, 2.05) is 6.07 Å². The molecule has 1 aromatic rings. The molecular formula is C17H25NO3. The number of nitrogens with one attached hydrogen (secondary N) is 1. The zero-order chi connectivity index (χ0) is 14.7. The summed E-state index contributed by atoms with van der Waals surface area (Å²) in [6, 6.07) is 6.66. The van der Waals surface area contributed by atoms with Gasteiger partial charge in [0, 0.05) is 24.5 Å². The quantitative estimate of drug-likeness (QED) is 0.926. The molecule has 0 amide bonds. The first-order valence-electron chi connectivity index (χ1n) is 7.98. The Kier molecular flexibility index (Phi) is 4.66. The zero-order valence-corrected chi connectivity index (χ0v) is 12.9. The smallest absolute Gasteiger partial charge is 0.161 e. The summed E-state index contributed by atoms with van der Waals surface area (Å²) >= 11 is 0. The second kappa shape index (κ2) is 6.67. The molecule has 0 radical (unpaired) electrons. The van der Waals surface area contributed by atoms with E-state index in [4.69, 9.17) is 14.2 Å². The number of hydrogen-bond acceptors (Lipinski definition) is 4. The van der Waals surface area contributed by atoms with Crippen molar-refractivity contribution in [2.45, 2.75) is 26.3 Å². The molecule has 0 aromatic heterocycles. The Balaban J connectivity index is 1.83. The lowest BCUT2D eigenvalue weighted by Crippen LogP contribution is -2.28. The molecule has 0 saturated carbocycles. The predicted octanol–water partition coefficient (Wildman–Crippen LogP) is 2.78. The van der Waals surface area contributed by atoms with Crippen LogP contribution < -0.4 is 14.8 Å². The molecule has 3 atom stereocenters. The lowest BCUT2D eigenvalue weighted by atomic mass is 9.92. The van der Waals surface area contributed by atoms with Gasteiger partial charge in [-0.1, -0.05) is 19.9 Å². The first-order valence-corrected chi connectivity index (χ1v) is 7.98. The van der Waals surface area contributed by atoms with Crippen LogP contribution in [0.5, 0.6) is 11.5 Å². The fraction of sp³-hybridized carbons (Fsp3) is 0.647. The van der Waals surface area contributed by atoms with Crippen molar-refractivity contribution in [1.29, 1.82) is 0 Å². The summed E-state index contributed by atoms with van der Waals surface area (Å²) in [4.78, 5) is 0. The molecular weight excluding hydrogens is 266 g/mol. The van der Waals surface area contributed by atoms with Crippen molar-refractivity contribution in [1.82, 2.24) is 5.32 Å². The normalized spacial score (nSPS) is 26.4. The van der Waals surface area contributed by atoms with Crippen LogP contribution >= 0.6 is 0 Å². The molecule has 1 aromatic carbocycles. The SMILES string of the molecule is CCNC(c1ccc2c(c1)OCC(C)CO2)C1CCOC1. The maximum absolute atomic E-state index is 5.91. The fourth-order valence-electron chi connectivity index (χ4n) is 3.05. The maximum atomic E-state index is 5.91. The van der Waals surface area contributed by atoms with Crippen molar-refractivity contribution in [3.05, 3.63) is 23.8 Å². The molecule has 1 fully saturated rings. The first kappa shape index (κ1) is 14.7. The van der Waals surface area contributed by atoms with Crippen LogP contribution in [-0.4, -0.2) is 33.0 Å². The van der Waals surface area contributed by atoms with Gasteiger partial charge in [0.2, 0.25) is 0 Å². The average Bonchev–Trinajstić information content (AvgIpc) is 2.96. The Hall–Kier alpha value is -1.26. The van der Waals surface area contributed by atoms with E-state index in [0.29, 0.717) is 17.9 Å². The van der Waals surface area contributed by atoms with Gasteiger partial charge < -0.3 is 19.5 Å². The third kappa shape index (κ3) is 3.33. The average molecular weight is 291 g/mol. The van der Waals surface area contributed by atoms with Crippen molar-refractivity contribution in [2.75, 3.05) is 33.0 Å².